The molecule has 1 aliphatic heterocycles. The Hall–Kier alpha value is -2.34. The van der Waals surface area contributed by atoms with E-state index in [0.717, 1.165) is 11.3 Å². The number of benzene rings is 1. The Bertz CT molecular complexity index is 665. The molecule has 1 fully saturated rings. The molecule has 0 bridgehead atoms. The second-order valence-corrected chi connectivity index (χ2v) is 5.33. The van der Waals surface area contributed by atoms with Crippen LogP contribution in [0.2, 0.25) is 0 Å². The third-order valence-corrected chi connectivity index (χ3v) is 3.85. The smallest absolute Gasteiger partial charge is 0.239 e. The first kappa shape index (κ1) is 13.6. The van der Waals surface area contributed by atoms with Crippen LogP contribution in [-0.4, -0.2) is 27.9 Å². The molecule has 0 spiro atoms. The number of amidine groups is 1. The van der Waals surface area contributed by atoms with E-state index in [9.17, 15) is 4.79 Å². The number of amides is 1. The highest BCUT2D eigenvalue weighted by molar-refractivity contribution is 8.15. The molecular weight excluding hydrogens is 286 g/mol. The van der Waals surface area contributed by atoms with Crippen LogP contribution in [0.5, 0.6) is 0 Å². The van der Waals surface area contributed by atoms with Crippen LogP contribution in [0.3, 0.4) is 0 Å². The van der Waals surface area contributed by atoms with Gasteiger partial charge in [0.2, 0.25) is 5.91 Å². The summed E-state index contributed by atoms with van der Waals surface area (Å²) in [6.45, 7) is 0.387. The summed E-state index contributed by atoms with van der Waals surface area (Å²) in [4.78, 5) is 13.5. The van der Waals surface area contributed by atoms with Crippen LogP contribution in [0.15, 0.2) is 63.3 Å². The Morgan fingerprint density at radius 3 is 2.86 bits per heavy atom. The molecule has 0 saturated carbocycles. The monoisotopic (exact) mass is 299 g/mol. The Morgan fingerprint density at radius 1 is 1.24 bits per heavy atom. The highest BCUT2D eigenvalue weighted by Crippen LogP contribution is 2.22. The molecule has 0 atom stereocenters. The second-order valence-electron chi connectivity index (χ2n) is 4.39. The quantitative estimate of drug-likeness (QED) is 0.644. The van der Waals surface area contributed by atoms with E-state index in [1.807, 2.05) is 36.4 Å². The molecule has 1 amide bonds. The van der Waals surface area contributed by atoms with Gasteiger partial charge in [-0.15, -0.1) is 5.10 Å². The van der Waals surface area contributed by atoms with E-state index in [-0.39, 0.29) is 5.91 Å². The van der Waals surface area contributed by atoms with E-state index in [1.54, 1.807) is 23.4 Å². The van der Waals surface area contributed by atoms with Gasteiger partial charge in [0.1, 0.15) is 5.76 Å². The fourth-order valence-electron chi connectivity index (χ4n) is 1.87. The molecule has 0 aliphatic carbocycles. The largest absolute Gasteiger partial charge is 0.467 e. The summed E-state index contributed by atoms with van der Waals surface area (Å²) in [5.74, 6) is 1.14. The molecule has 1 aliphatic rings. The summed E-state index contributed by atoms with van der Waals surface area (Å²) < 4.78 is 5.27. The van der Waals surface area contributed by atoms with Crippen molar-refractivity contribution in [2.45, 2.75) is 6.54 Å². The zero-order chi connectivity index (χ0) is 14.5. The number of thioether (sulfide) groups is 1. The molecule has 5 nitrogen and oxygen atoms in total. The number of carbonyl (C=O) groups excluding carboxylic acids is 1. The maximum atomic E-state index is 11.9. The molecule has 1 aromatic heterocycles. The van der Waals surface area contributed by atoms with Crippen molar-refractivity contribution < 1.29 is 9.21 Å². The standard InChI is InChI=1S/C15H13N3O2S/c19-14-11-21-15(18(14)10-13-7-4-8-20-13)17-16-9-12-5-2-1-3-6-12/h1-9H,10-11H2/b16-9+,17-15-. The van der Waals surface area contributed by atoms with Crippen LogP contribution in [-0.2, 0) is 11.3 Å². The number of hydrogen-bond acceptors (Lipinski definition) is 5. The van der Waals surface area contributed by atoms with Gasteiger partial charge >= 0.3 is 0 Å². The van der Waals surface area contributed by atoms with Gasteiger partial charge in [-0.3, -0.25) is 9.69 Å². The molecule has 106 valence electrons. The molecule has 0 radical (unpaired) electrons. The second kappa shape index (κ2) is 6.41. The van der Waals surface area contributed by atoms with Gasteiger partial charge < -0.3 is 4.42 Å². The first-order valence-electron chi connectivity index (χ1n) is 6.44. The minimum Gasteiger partial charge on any atom is -0.467 e. The molecule has 21 heavy (non-hydrogen) atoms. The predicted molar refractivity (Wildman–Crippen MR) is 83.2 cm³/mol. The van der Waals surface area contributed by atoms with Crippen molar-refractivity contribution >= 4 is 29.1 Å². The van der Waals surface area contributed by atoms with Crippen LogP contribution in [0, 0.1) is 0 Å². The van der Waals surface area contributed by atoms with Gasteiger partial charge in [0.25, 0.3) is 0 Å². The van der Waals surface area contributed by atoms with Gasteiger partial charge in [0.15, 0.2) is 5.17 Å². The van der Waals surface area contributed by atoms with E-state index in [2.05, 4.69) is 10.2 Å². The van der Waals surface area contributed by atoms with Crippen molar-refractivity contribution in [3.63, 3.8) is 0 Å². The molecule has 1 aromatic carbocycles. The topological polar surface area (TPSA) is 58.2 Å². The lowest BCUT2D eigenvalue weighted by Crippen LogP contribution is -2.28. The van der Waals surface area contributed by atoms with Crippen molar-refractivity contribution in [3.8, 4) is 0 Å². The number of rotatable bonds is 4. The van der Waals surface area contributed by atoms with Crippen molar-refractivity contribution in [2.24, 2.45) is 10.2 Å². The molecule has 0 unspecified atom stereocenters. The van der Waals surface area contributed by atoms with Gasteiger partial charge in [-0.05, 0) is 17.7 Å². The third-order valence-electron chi connectivity index (χ3n) is 2.90. The van der Waals surface area contributed by atoms with Crippen molar-refractivity contribution in [1.29, 1.82) is 0 Å². The van der Waals surface area contributed by atoms with Gasteiger partial charge in [-0.25, -0.2) is 0 Å². The molecule has 3 rings (SSSR count). The molecular formula is C15H13N3O2S. The Balaban J connectivity index is 1.72. The van der Waals surface area contributed by atoms with Crippen molar-refractivity contribution in [2.75, 3.05) is 5.75 Å². The SMILES string of the molecule is O=C1CS/C(=N\N=C\c2ccccc2)N1Cc1ccco1. The summed E-state index contributed by atoms with van der Waals surface area (Å²) in [5.41, 5.74) is 0.966. The van der Waals surface area contributed by atoms with Gasteiger partial charge in [-0.1, -0.05) is 42.1 Å². The molecule has 0 N–H and O–H groups in total. The van der Waals surface area contributed by atoms with Crippen LogP contribution >= 0.6 is 11.8 Å². The Labute approximate surface area is 126 Å². The number of carbonyl (C=O) groups is 1. The zero-order valence-electron chi connectivity index (χ0n) is 11.2. The fourth-order valence-corrected chi connectivity index (χ4v) is 2.71. The first-order valence-corrected chi connectivity index (χ1v) is 7.43. The average Bonchev–Trinajstić information content (AvgIpc) is 3.13. The van der Waals surface area contributed by atoms with E-state index in [4.69, 9.17) is 4.42 Å². The zero-order valence-corrected chi connectivity index (χ0v) is 12.0. The van der Waals surface area contributed by atoms with Gasteiger partial charge in [0.05, 0.1) is 24.8 Å². The first-order chi connectivity index (χ1) is 10.3. The Kier molecular flexibility index (Phi) is 4.16. The van der Waals surface area contributed by atoms with Crippen molar-refractivity contribution in [1.82, 2.24) is 4.90 Å². The Morgan fingerprint density at radius 2 is 2.10 bits per heavy atom. The highest BCUT2D eigenvalue weighted by atomic mass is 32.2. The van der Waals surface area contributed by atoms with Gasteiger partial charge in [0, 0.05) is 0 Å². The van der Waals surface area contributed by atoms with E-state index < -0.39 is 0 Å². The number of furan rings is 1. The van der Waals surface area contributed by atoms with E-state index in [1.165, 1.54) is 11.8 Å². The van der Waals surface area contributed by atoms with Crippen LogP contribution in [0.1, 0.15) is 11.3 Å². The highest BCUT2D eigenvalue weighted by Gasteiger charge is 2.29. The van der Waals surface area contributed by atoms with E-state index >= 15 is 0 Å². The van der Waals surface area contributed by atoms with Crippen LogP contribution in [0.4, 0.5) is 0 Å². The number of hydrogen-bond donors (Lipinski definition) is 0. The lowest BCUT2D eigenvalue weighted by Gasteiger charge is -2.12. The van der Waals surface area contributed by atoms with Crippen LogP contribution in [0.25, 0.3) is 0 Å². The minimum absolute atomic E-state index is 0.0186. The normalized spacial score (nSPS) is 17.2. The average molecular weight is 299 g/mol. The fraction of sp³-hybridized carbons (Fsp3) is 0.133. The maximum absolute atomic E-state index is 11.9. The minimum atomic E-state index is 0.0186. The lowest BCUT2D eigenvalue weighted by atomic mass is 10.2. The lowest BCUT2D eigenvalue weighted by molar-refractivity contribution is -0.124. The van der Waals surface area contributed by atoms with Crippen LogP contribution < -0.4 is 0 Å². The number of nitrogens with zero attached hydrogens (tertiary/aromatic N) is 3. The predicted octanol–water partition coefficient (Wildman–Crippen LogP) is 2.75. The van der Waals surface area contributed by atoms with Crippen molar-refractivity contribution in [3.05, 3.63) is 60.1 Å². The van der Waals surface area contributed by atoms with E-state index in [0.29, 0.717) is 17.5 Å². The van der Waals surface area contributed by atoms with Gasteiger partial charge in [-0.2, -0.15) is 5.10 Å². The molecule has 2 aromatic rings. The maximum Gasteiger partial charge on any atom is 0.239 e. The summed E-state index contributed by atoms with van der Waals surface area (Å²) in [6, 6.07) is 13.3. The summed E-state index contributed by atoms with van der Waals surface area (Å²) >= 11 is 1.39. The third kappa shape index (κ3) is 3.41. The summed E-state index contributed by atoms with van der Waals surface area (Å²) in [5, 5.41) is 8.80. The summed E-state index contributed by atoms with van der Waals surface area (Å²) in [7, 11) is 0. The molecule has 6 heteroatoms. The molecule has 1 saturated heterocycles. The summed E-state index contributed by atoms with van der Waals surface area (Å²) in [6.07, 6.45) is 3.26. The molecule has 2 heterocycles.